The maximum atomic E-state index is 12.0. The zero-order valence-electron chi connectivity index (χ0n) is 10.3. The Labute approximate surface area is 122 Å². The molecule has 0 saturated carbocycles. The lowest BCUT2D eigenvalue weighted by atomic mass is 10.3. The van der Waals surface area contributed by atoms with Crippen LogP contribution in [-0.4, -0.2) is 57.9 Å². The Bertz CT molecular complexity index is 360. The highest BCUT2D eigenvalue weighted by molar-refractivity contribution is 8.77. The van der Waals surface area contributed by atoms with E-state index >= 15 is 0 Å². The van der Waals surface area contributed by atoms with Crippen LogP contribution in [0.1, 0.15) is 6.42 Å². The van der Waals surface area contributed by atoms with Crippen molar-refractivity contribution in [1.29, 1.82) is 0 Å². The van der Waals surface area contributed by atoms with E-state index in [0.717, 1.165) is 21.6 Å². The molecule has 11 heteroatoms. The van der Waals surface area contributed by atoms with Crippen LogP contribution in [0.25, 0.3) is 0 Å². The fourth-order valence-electron chi connectivity index (χ4n) is 0.877. The molecule has 0 radical (unpaired) electrons. The maximum absolute atomic E-state index is 12.0. The fourth-order valence-corrected chi connectivity index (χ4v) is 3.43. The first-order valence-corrected chi connectivity index (χ1v) is 7.78. The number of aliphatic carboxylic acids is 2. The molecule has 0 saturated heterocycles. The van der Waals surface area contributed by atoms with E-state index < -0.39 is 48.4 Å². The van der Waals surface area contributed by atoms with Crippen molar-refractivity contribution < 1.29 is 29.0 Å². The summed E-state index contributed by atoms with van der Waals surface area (Å²) >= 11 is 0. The number of nitrogens with two attached hydrogens (primary N) is 2. The number of carboxylic acid groups (broad SMARTS) is 2. The molecule has 0 bridgehead atoms. The summed E-state index contributed by atoms with van der Waals surface area (Å²) < 4.78 is 12.0. The van der Waals surface area contributed by atoms with E-state index in [0.29, 0.717) is 0 Å². The Morgan fingerprint density at radius 3 is 2.25 bits per heavy atom. The Balaban J connectivity index is 4.42. The highest BCUT2D eigenvalue weighted by atomic mass is 33.1. The Hall–Kier alpha value is -1.04. The average molecular weight is 329 g/mol. The zero-order chi connectivity index (χ0) is 15.7. The summed E-state index contributed by atoms with van der Waals surface area (Å²) in [6, 6.07) is -2.52. The highest BCUT2D eigenvalue weighted by Crippen LogP contribution is 2.27. The molecule has 0 rings (SSSR count). The summed E-state index contributed by atoms with van der Waals surface area (Å²) in [7, 11) is 1.83. The number of carbonyl (C=O) groups excluding carboxylic acids is 1. The molecule has 116 valence electrons. The molecule has 1 amide bonds. The molecule has 1 unspecified atom stereocenters. The number of halogens is 1. The lowest BCUT2D eigenvalue weighted by Gasteiger charge is -2.21. The molecule has 20 heavy (non-hydrogen) atoms. The highest BCUT2D eigenvalue weighted by Gasteiger charge is 2.27. The molecule has 3 atom stereocenters. The van der Waals surface area contributed by atoms with E-state index in [1.165, 1.54) is 0 Å². The first kappa shape index (κ1) is 19.0. The number of carboxylic acids is 2. The Morgan fingerprint density at radius 1 is 1.20 bits per heavy atom. The van der Waals surface area contributed by atoms with Gasteiger partial charge in [-0.1, -0.05) is 21.6 Å². The molecular weight excluding hydrogens is 313 g/mol. The van der Waals surface area contributed by atoms with Crippen molar-refractivity contribution in [1.82, 2.24) is 5.32 Å². The van der Waals surface area contributed by atoms with E-state index in [-0.39, 0.29) is 5.75 Å². The minimum Gasteiger partial charge on any atom is -0.480 e. The van der Waals surface area contributed by atoms with Gasteiger partial charge < -0.3 is 27.0 Å². The van der Waals surface area contributed by atoms with Crippen LogP contribution in [0.2, 0.25) is 0 Å². The second-order valence-corrected chi connectivity index (χ2v) is 6.17. The standard InChI is InChI=1S/C9H16FN3O5S2/c10-2-1-5(14)13-7(6(12)9(17)18)20-19-3-4(11)8(15)16/h4,6-7H,1-3,11-12H2,(H,13,14)(H,15,16)(H,17,18)/t4-,6-,7?/m0/s1. The molecule has 0 fully saturated rings. The second-order valence-electron chi connectivity index (χ2n) is 3.62. The summed E-state index contributed by atoms with van der Waals surface area (Å²) in [5.41, 5.74) is 10.7. The van der Waals surface area contributed by atoms with Gasteiger partial charge in [-0.2, -0.15) is 0 Å². The van der Waals surface area contributed by atoms with Crippen molar-refractivity contribution in [2.45, 2.75) is 23.9 Å². The number of amides is 1. The molecule has 0 aliphatic rings. The van der Waals surface area contributed by atoms with Gasteiger partial charge in [0, 0.05) is 5.75 Å². The van der Waals surface area contributed by atoms with Crippen molar-refractivity contribution in [3.05, 3.63) is 0 Å². The molecule has 0 aromatic rings. The third kappa shape index (κ3) is 7.53. The van der Waals surface area contributed by atoms with E-state index in [2.05, 4.69) is 5.32 Å². The topological polar surface area (TPSA) is 156 Å². The third-order valence-corrected chi connectivity index (χ3v) is 4.66. The van der Waals surface area contributed by atoms with Crippen LogP contribution >= 0.6 is 21.6 Å². The lowest BCUT2D eigenvalue weighted by Crippen LogP contribution is -2.49. The number of rotatable bonds is 10. The van der Waals surface area contributed by atoms with Gasteiger partial charge in [-0.3, -0.25) is 18.8 Å². The van der Waals surface area contributed by atoms with Gasteiger partial charge in [0.1, 0.15) is 17.5 Å². The number of nitrogens with one attached hydrogen (secondary N) is 1. The predicted octanol–water partition coefficient (Wildman–Crippen LogP) is -1.01. The monoisotopic (exact) mass is 329 g/mol. The molecule has 8 nitrogen and oxygen atoms in total. The molecule has 0 aromatic heterocycles. The van der Waals surface area contributed by atoms with Crippen LogP contribution in [0.5, 0.6) is 0 Å². The summed E-state index contributed by atoms with van der Waals surface area (Å²) in [6.07, 6.45) is -0.400. The number of alkyl halides is 1. The largest absolute Gasteiger partial charge is 0.480 e. The van der Waals surface area contributed by atoms with Gasteiger partial charge in [0.2, 0.25) is 5.91 Å². The van der Waals surface area contributed by atoms with Gasteiger partial charge in [0.25, 0.3) is 0 Å². The Kier molecular flexibility index (Phi) is 9.29. The smallest absolute Gasteiger partial charge is 0.323 e. The predicted molar refractivity (Wildman–Crippen MR) is 73.8 cm³/mol. The molecule has 0 heterocycles. The minimum absolute atomic E-state index is 0.00181. The molecule has 0 aromatic carbocycles. The van der Waals surface area contributed by atoms with Gasteiger partial charge >= 0.3 is 11.9 Å². The van der Waals surface area contributed by atoms with Crippen LogP contribution in [-0.2, 0) is 14.4 Å². The maximum Gasteiger partial charge on any atom is 0.323 e. The van der Waals surface area contributed by atoms with Gasteiger partial charge in [0.05, 0.1) is 13.1 Å². The van der Waals surface area contributed by atoms with Gasteiger partial charge in [-0.25, -0.2) is 0 Å². The summed E-state index contributed by atoms with van der Waals surface area (Å²) in [5, 5.41) is 18.6. The third-order valence-electron chi connectivity index (χ3n) is 1.97. The van der Waals surface area contributed by atoms with E-state index in [1.807, 2.05) is 0 Å². The van der Waals surface area contributed by atoms with Crippen LogP contribution in [0.4, 0.5) is 4.39 Å². The van der Waals surface area contributed by atoms with Crippen LogP contribution in [0, 0.1) is 0 Å². The van der Waals surface area contributed by atoms with Crippen LogP contribution < -0.4 is 16.8 Å². The molecule has 0 aliphatic carbocycles. The number of hydrogen-bond acceptors (Lipinski definition) is 7. The molecular formula is C9H16FN3O5S2. The summed E-state index contributed by atoms with van der Waals surface area (Å²) in [5.74, 6) is -3.21. The van der Waals surface area contributed by atoms with Gasteiger partial charge in [-0.05, 0) is 0 Å². The molecule has 0 spiro atoms. The van der Waals surface area contributed by atoms with Crippen LogP contribution in [0.15, 0.2) is 0 Å². The first-order chi connectivity index (χ1) is 9.29. The number of hydrogen-bond donors (Lipinski definition) is 5. The van der Waals surface area contributed by atoms with Crippen molar-refractivity contribution in [2.24, 2.45) is 11.5 Å². The second kappa shape index (κ2) is 9.80. The van der Waals surface area contributed by atoms with Crippen molar-refractivity contribution >= 4 is 39.4 Å². The lowest BCUT2D eigenvalue weighted by molar-refractivity contribution is -0.139. The van der Waals surface area contributed by atoms with E-state index in [1.54, 1.807) is 0 Å². The minimum atomic E-state index is -1.41. The fraction of sp³-hybridized carbons (Fsp3) is 0.667. The van der Waals surface area contributed by atoms with Crippen molar-refractivity contribution in [2.75, 3.05) is 12.4 Å². The SMILES string of the molecule is N[C@H](C(=O)O)C(NC(=O)CCF)SSC[C@H](N)C(=O)O. The van der Waals surface area contributed by atoms with E-state index in [4.69, 9.17) is 21.7 Å². The van der Waals surface area contributed by atoms with Crippen molar-refractivity contribution in [3.63, 3.8) is 0 Å². The molecule has 0 aliphatic heterocycles. The van der Waals surface area contributed by atoms with Crippen LogP contribution in [0.3, 0.4) is 0 Å². The first-order valence-electron chi connectivity index (χ1n) is 5.40. The summed E-state index contributed by atoms with van der Waals surface area (Å²) in [4.78, 5) is 32.5. The Morgan fingerprint density at radius 2 is 1.80 bits per heavy atom. The van der Waals surface area contributed by atoms with Crippen molar-refractivity contribution in [3.8, 4) is 0 Å². The quantitative estimate of drug-likeness (QED) is 0.250. The van der Waals surface area contributed by atoms with E-state index in [9.17, 15) is 18.8 Å². The van der Waals surface area contributed by atoms with Gasteiger partial charge in [0.15, 0.2) is 0 Å². The molecule has 7 N–H and O–H groups in total. The average Bonchev–Trinajstić information content (AvgIpc) is 2.36. The zero-order valence-corrected chi connectivity index (χ0v) is 12.0. The summed E-state index contributed by atoms with van der Waals surface area (Å²) in [6.45, 7) is -0.872. The number of carbonyl (C=O) groups is 3. The van der Waals surface area contributed by atoms with Gasteiger partial charge in [-0.15, -0.1) is 0 Å². The normalized spacial score (nSPS) is 15.2.